The maximum Gasteiger partial charge on any atom is 0.416 e. The lowest BCUT2D eigenvalue weighted by atomic mass is 9.93. The summed E-state index contributed by atoms with van der Waals surface area (Å²) in [5, 5.41) is 22.1. The van der Waals surface area contributed by atoms with Crippen LogP contribution in [0.3, 0.4) is 0 Å². The highest BCUT2D eigenvalue weighted by Gasteiger charge is 2.31. The predicted molar refractivity (Wildman–Crippen MR) is 128 cm³/mol. The van der Waals surface area contributed by atoms with Crippen LogP contribution in [-0.2, 0) is 6.18 Å². The third kappa shape index (κ3) is 8.47. The Morgan fingerprint density at radius 1 is 1.09 bits per heavy atom. The first-order chi connectivity index (χ1) is 16.1. The lowest BCUT2D eigenvalue weighted by Gasteiger charge is -2.34. The van der Waals surface area contributed by atoms with Gasteiger partial charge >= 0.3 is 6.18 Å². The summed E-state index contributed by atoms with van der Waals surface area (Å²) >= 11 is 0. The summed E-state index contributed by atoms with van der Waals surface area (Å²) in [5.74, 6) is 6.06. The minimum Gasteiger partial charge on any atom is -0.388 e. The first-order valence-corrected chi connectivity index (χ1v) is 10.7. The van der Waals surface area contributed by atoms with Crippen LogP contribution in [0.4, 0.5) is 24.5 Å². The van der Waals surface area contributed by atoms with Crippen LogP contribution in [0.25, 0.3) is 0 Å². The van der Waals surface area contributed by atoms with E-state index in [9.17, 15) is 18.3 Å². The van der Waals surface area contributed by atoms with Crippen molar-refractivity contribution in [2.24, 2.45) is 16.7 Å². The number of nitrogens with zero attached hydrogens (tertiary/aromatic N) is 2. The second-order valence-corrected chi connectivity index (χ2v) is 7.80. The summed E-state index contributed by atoms with van der Waals surface area (Å²) in [6.45, 7) is 1.52. The number of hydrazone groups is 1. The topological polar surface area (TPSA) is 136 Å². The van der Waals surface area contributed by atoms with Crippen molar-refractivity contribution >= 4 is 17.2 Å². The molecule has 9 nitrogen and oxygen atoms in total. The molecule has 0 radical (unpaired) electrons. The minimum atomic E-state index is -4.39. The highest BCUT2D eigenvalue weighted by molar-refractivity contribution is 6.02. The Labute approximate surface area is 197 Å². The van der Waals surface area contributed by atoms with Gasteiger partial charge in [-0.1, -0.05) is 12.1 Å². The molecule has 0 spiro atoms. The van der Waals surface area contributed by atoms with E-state index in [2.05, 4.69) is 26.6 Å². The molecule has 1 aliphatic rings. The molecule has 0 bridgehead atoms. The van der Waals surface area contributed by atoms with E-state index in [1.807, 2.05) is 14.1 Å². The van der Waals surface area contributed by atoms with Crippen LogP contribution in [0.15, 0.2) is 53.6 Å². The molecule has 1 heterocycles. The van der Waals surface area contributed by atoms with E-state index in [-0.39, 0.29) is 12.4 Å². The molecule has 34 heavy (non-hydrogen) atoms. The Morgan fingerprint density at radius 3 is 2.24 bits per heavy atom. The number of hydrazine groups is 2. The van der Waals surface area contributed by atoms with E-state index in [1.54, 1.807) is 24.3 Å². The number of nitrogens with two attached hydrogens (primary N) is 2. The standard InChI is InChI=1S/C20H25F3N6O.C2H8N2/c21-20(22,23)14-5-7-15(8-6-14)27-17-4-2-1-3-16(17)18(24)28-29(25)13-19(30)9-11-26-12-10-19;1-3-4-2/h1-8,26-27,30H,9-13,25H2,(H2,24,28);3-4H,1-2H3. The molecule has 2 aromatic rings. The Morgan fingerprint density at radius 2 is 1.68 bits per heavy atom. The van der Waals surface area contributed by atoms with Gasteiger partial charge in [0.05, 0.1) is 17.7 Å². The fraction of sp³-hybridized carbons (Fsp3) is 0.409. The van der Waals surface area contributed by atoms with Gasteiger partial charge in [0.1, 0.15) is 0 Å². The van der Waals surface area contributed by atoms with Crippen molar-refractivity contribution in [3.8, 4) is 0 Å². The third-order valence-corrected chi connectivity index (χ3v) is 5.17. The zero-order chi connectivity index (χ0) is 25.2. The normalized spacial score (nSPS) is 15.8. The predicted octanol–water partition coefficient (Wildman–Crippen LogP) is 1.70. The molecule has 0 atom stereocenters. The summed E-state index contributed by atoms with van der Waals surface area (Å²) in [4.78, 5) is 0. The van der Waals surface area contributed by atoms with Gasteiger partial charge in [0.2, 0.25) is 0 Å². The molecule has 188 valence electrons. The van der Waals surface area contributed by atoms with Gasteiger partial charge in [0, 0.05) is 16.9 Å². The Balaban J connectivity index is 0.000000945. The van der Waals surface area contributed by atoms with Gasteiger partial charge in [0.25, 0.3) is 0 Å². The summed E-state index contributed by atoms with van der Waals surface area (Å²) < 4.78 is 38.2. The summed E-state index contributed by atoms with van der Waals surface area (Å²) in [7, 11) is 3.64. The van der Waals surface area contributed by atoms with Crippen molar-refractivity contribution in [3.05, 3.63) is 59.7 Å². The third-order valence-electron chi connectivity index (χ3n) is 5.17. The van der Waals surface area contributed by atoms with E-state index in [0.717, 1.165) is 17.3 Å². The molecular formula is C22H33F3N8O. The zero-order valence-corrected chi connectivity index (χ0v) is 19.3. The van der Waals surface area contributed by atoms with E-state index >= 15 is 0 Å². The van der Waals surface area contributed by atoms with Crippen LogP contribution in [-0.4, -0.2) is 55.4 Å². The molecule has 1 aliphatic heterocycles. The first kappa shape index (κ1) is 27.3. The number of para-hydroxylation sites is 1. The number of nitrogens with one attached hydrogen (secondary N) is 4. The summed E-state index contributed by atoms with van der Waals surface area (Å²) in [6, 6.07) is 11.7. The fourth-order valence-electron chi connectivity index (χ4n) is 3.29. The number of amidine groups is 1. The highest BCUT2D eigenvalue weighted by Crippen LogP contribution is 2.30. The maximum atomic E-state index is 12.7. The monoisotopic (exact) mass is 482 g/mol. The largest absolute Gasteiger partial charge is 0.416 e. The van der Waals surface area contributed by atoms with Gasteiger partial charge in [-0.25, -0.2) is 11.0 Å². The van der Waals surface area contributed by atoms with Crippen molar-refractivity contribution in [2.75, 3.05) is 39.0 Å². The average Bonchev–Trinajstić information content (AvgIpc) is 2.79. The lowest BCUT2D eigenvalue weighted by Crippen LogP contribution is -2.50. The highest BCUT2D eigenvalue weighted by atomic mass is 19.4. The van der Waals surface area contributed by atoms with Gasteiger partial charge in [-0.05, 0) is 76.4 Å². The number of aliphatic hydroxyl groups is 1. The lowest BCUT2D eigenvalue weighted by molar-refractivity contribution is -0.137. The SMILES string of the molecule is CNNC.N/C(=N\N(N)CC1(O)CCNCC1)c1ccccc1Nc1ccc(C(F)(F)F)cc1. The molecule has 3 rings (SSSR count). The van der Waals surface area contributed by atoms with Crippen LogP contribution < -0.4 is 33.1 Å². The number of halogens is 3. The molecule has 0 amide bonds. The Kier molecular flexibility index (Phi) is 10.1. The molecule has 2 aromatic carbocycles. The first-order valence-electron chi connectivity index (χ1n) is 10.7. The van der Waals surface area contributed by atoms with Crippen molar-refractivity contribution < 1.29 is 18.3 Å². The van der Waals surface area contributed by atoms with Crippen molar-refractivity contribution in [1.82, 2.24) is 21.3 Å². The van der Waals surface area contributed by atoms with Crippen molar-refractivity contribution in [1.29, 1.82) is 0 Å². The number of benzene rings is 2. The van der Waals surface area contributed by atoms with Gasteiger partial charge < -0.3 is 21.5 Å². The van der Waals surface area contributed by atoms with Gasteiger partial charge in [-0.3, -0.25) is 10.9 Å². The van der Waals surface area contributed by atoms with E-state index < -0.39 is 17.3 Å². The molecule has 1 saturated heterocycles. The van der Waals surface area contributed by atoms with E-state index in [0.29, 0.717) is 42.9 Å². The summed E-state index contributed by atoms with van der Waals surface area (Å²) in [6.07, 6.45) is -3.28. The zero-order valence-electron chi connectivity index (χ0n) is 19.3. The number of hydrogen-bond donors (Lipinski definition) is 7. The number of hydrogen-bond acceptors (Lipinski definition) is 8. The molecule has 1 fully saturated rings. The molecule has 9 N–H and O–H groups in total. The van der Waals surface area contributed by atoms with Crippen molar-refractivity contribution in [2.45, 2.75) is 24.6 Å². The molecular weight excluding hydrogens is 449 g/mol. The summed E-state index contributed by atoms with van der Waals surface area (Å²) in [5.41, 5.74) is 11.4. The van der Waals surface area contributed by atoms with E-state index in [4.69, 9.17) is 11.6 Å². The van der Waals surface area contributed by atoms with Crippen LogP contribution in [0.2, 0.25) is 0 Å². The fourth-order valence-corrected chi connectivity index (χ4v) is 3.29. The Hall–Kier alpha value is -2.90. The van der Waals surface area contributed by atoms with Crippen LogP contribution in [0.5, 0.6) is 0 Å². The smallest absolute Gasteiger partial charge is 0.388 e. The second-order valence-electron chi connectivity index (χ2n) is 7.80. The molecule has 0 unspecified atom stereocenters. The van der Waals surface area contributed by atoms with Gasteiger partial charge in [0.15, 0.2) is 5.84 Å². The van der Waals surface area contributed by atoms with Gasteiger partial charge in [-0.2, -0.15) is 13.2 Å². The van der Waals surface area contributed by atoms with Gasteiger partial charge in [-0.15, -0.1) is 5.10 Å². The van der Waals surface area contributed by atoms with E-state index in [1.165, 1.54) is 12.1 Å². The number of rotatable bonds is 7. The average molecular weight is 483 g/mol. The molecule has 0 aliphatic carbocycles. The Bertz CT molecular complexity index is 913. The van der Waals surface area contributed by atoms with Crippen LogP contribution >= 0.6 is 0 Å². The maximum absolute atomic E-state index is 12.7. The molecule has 0 saturated carbocycles. The van der Waals surface area contributed by atoms with Crippen LogP contribution in [0.1, 0.15) is 24.0 Å². The second kappa shape index (κ2) is 12.5. The number of piperidine rings is 1. The molecule has 12 heteroatoms. The quantitative estimate of drug-likeness (QED) is 0.137. The van der Waals surface area contributed by atoms with Crippen LogP contribution in [0, 0.1) is 0 Å². The molecule has 0 aromatic heterocycles. The number of anilines is 2. The number of alkyl halides is 3. The van der Waals surface area contributed by atoms with Crippen molar-refractivity contribution in [3.63, 3.8) is 0 Å². The minimum absolute atomic E-state index is 0.116.